The van der Waals surface area contributed by atoms with Crippen LogP contribution in [0, 0.1) is 5.92 Å². The van der Waals surface area contributed by atoms with Crippen molar-refractivity contribution in [2.75, 3.05) is 46.8 Å². The van der Waals surface area contributed by atoms with Crippen LogP contribution < -0.4 is 37.0 Å². The number of piperidine rings is 1. The van der Waals surface area contributed by atoms with Gasteiger partial charge in [-0.05, 0) is 55.7 Å². The van der Waals surface area contributed by atoms with Crippen LogP contribution in [0.1, 0.15) is 56.1 Å². The predicted octanol–water partition coefficient (Wildman–Crippen LogP) is -1.04. The number of carbonyl (C=O) groups excluding carboxylic acids is 2. The summed E-state index contributed by atoms with van der Waals surface area (Å²) in [5.74, 6) is 1.52. The number of ether oxygens (including phenoxy) is 2. The lowest BCUT2D eigenvalue weighted by molar-refractivity contribution is -0.950. The molecule has 1 aromatic carbocycles. The summed E-state index contributed by atoms with van der Waals surface area (Å²) in [6.45, 7) is 7.48. The van der Waals surface area contributed by atoms with E-state index >= 15 is 0 Å². The van der Waals surface area contributed by atoms with E-state index in [1.54, 1.807) is 7.05 Å². The monoisotopic (exact) mass is 611 g/mol. The SMILES string of the molecule is C=C1CC[C@@]2(O)[C@@H]3Cc4ccc(OC(=O)N(C)CCNC(=O)[C@@H](N)CCC[NH+]=C(N)N)c5c4[C@@]2(CC[N+]3(C)CC2CC2)[C@H]1O5. The highest BCUT2D eigenvalue weighted by Gasteiger charge is 2.75. The number of guanidine groups is 1. The number of nitrogens with one attached hydrogen (secondary N) is 2. The van der Waals surface area contributed by atoms with Crippen LogP contribution in [0.4, 0.5) is 4.79 Å². The van der Waals surface area contributed by atoms with Gasteiger partial charge < -0.3 is 35.0 Å². The zero-order valence-corrected chi connectivity index (χ0v) is 26.1. The first-order valence-electron chi connectivity index (χ1n) is 16.0. The smallest absolute Gasteiger partial charge is 0.415 e. The number of likely N-dealkylation sites (N-methyl/N-ethyl adjacent to an activating group) is 2. The van der Waals surface area contributed by atoms with Crippen LogP contribution >= 0.6 is 0 Å². The second-order valence-corrected chi connectivity index (χ2v) is 14.0. The van der Waals surface area contributed by atoms with Gasteiger partial charge in [-0.25, -0.2) is 4.79 Å². The Morgan fingerprint density at radius 2 is 2.09 bits per heavy atom. The van der Waals surface area contributed by atoms with Crippen LogP contribution in [-0.2, 0) is 16.6 Å². The molecule has 240 valence electrons. The zero-order chi connectivity index (χ0) is 31.4. The number of hydrogen-bond acceptors (Lipinski definition) is 6. The fourth-order valence-corrected chi connectivity index (χ4v) is 8.56. The average molecular weight is 612 g/mol. The minimum atomic E-state index is -0.912. The first-order chi connectivity index (χ1) is 20.9. The van der Waals surface area contributed by atoms with Crippen LogP contribution in [0.3, 0.4) is 0 Å². The number of amides is 2. The van der Waals surface area contributed by atoms with Gasteiger partial charge in [-0.2, -0.15) is 0 Å². The van der Waals surface area contributed by atoms with Crippen molar-refractivity contribution in [1.82, 2.24) is 10.2 Å². The van der Waals surface area contributed by atoms with Crippen LogP contribution in [-0.4, -0.2) is 103 Å². The third-order valence-electron chi connectivity index (χ3n) is 11.0. The molecule has 44 heavy (non-hydrogen) atoms. The van der Waals surface area contributed by atoms with E-state index in [4.69, 9.17) is 26.7 Å². The molecule has 0 radical (unpaired) electrons. The highest BCUT2D eigenvalue weighted by molar-refractivity contribution is 5.81. The molecule has 2 bridgehead atoms. The van der Waals surface area contributed by atoms with Gasteiger partial charge in [-0.3, -0.25) is 21.3 Å². The van der Waals surface area contributed by atoms with Crippen molar-refractivity contribution in [3.63, 3.8) is 0 Å². The van der Waals surface area contributed by atoms with Gasteiger partial charge >= 0.3 is 12.1 Å². The summed E-state index contributed by atoms with van der Waals surface area (Å²) in [6, 6.07) is 3.30. The molecule has 3 aliphatic carbocycles. The van der Waals surface area contributed by atoms with Gasteiger partial charge in [-0.15, -0.1) is 0 Å². The van der Waals surface area contributed by atoms with Crippen molar-refractivity contribution in [3.8, 4) is 11.5 Å². The predicted molar refractivity (Wildman–Crippen MR) is 165 cm³/mol. The summed E-state index contributed by atoms with van der Waals surface area (Å²) in [4.78, 5) is 29.8. The average Bonchev–Trinajstić information content (AvgIpc) is 3.71. The van der Waals surface area contributed by atoms with Crippen LogP contribution in [0.15, 0.2) is 24.3 Å². The molecule has 2 heterocycles. The Bertz CT molecular complexity index is 1380. The highest BCUT2D eigenvalue weighted by Crippen LogP contribution is 2.67. The van der Waals surface area contributed by atoms with Crippen LogP contribution in [0.5, 0.6) is 11.5 Å². The first kappa shape index (κ1) is 30.7. The Labute approximate surface area is 259 Å². The molecule has 1 unspecified atom stereocenters. The Balaban J connectivity index is 1.14. The van der Waals surface area contributed by atoms with Crippen molar-refractivity contribution < 1.29 is 33.6 Å². The van der Waals surface area contributed by atoms with Gasteiger partial charge in [0.15, 0.2) is 11.5 Å². The minimum absolute atomic E-state index is 0.0947. The molecule has 5 aliphatic rings. The third kappa shape index (κ3) is 5.00. The van der Waals surface area contributed by atoms with Gasteiger partial charge in [0.05, 0.1) is 38.1 Å². The molecule has 2 amide bonds. The molecular weight excluding hydrogens is 562 g/mol. The molecule has 12 nitrogen and oxygen atoms in total. The molecule has 1 spiro atoms. The molecular formula is C32H49N7O5+2. The molecule has 6 atom stereocenters. The van der Waals surface area contributed by atoms with Crippen molar-refractivity contribution in [2.45, 2.75) is 80.6 Å². The van der Waals surface area contributed by atoms with E-state index in [9.17, 15) is 14.7 Å². The quantitative estimate of drug-likeness (QED) is 0.0604. The maximum atomic E-state index is 13.2. The Hall–Kier alpha value is -3.35. The lowest BCUT2D eigenvalue weighted by Gasteiger charge is -2.65. The van der Waals surface area contributed by atoms with Crippen molar-refractivity contribution >= 4 is 18.0 Å². The van der Waals surface area contributed by atoms with E-state index in [1.165, 1.54) is 23.3 Å². The minimum Gasteiger partial charge on any atom is -0.481 e. The van der Waals surface area contributed by atoms with E-state index in [1.807, 2.05) is 6.07 Å². The maximum Gasteiger partial charge on any atom is 0.415 e. The van der Waals surface area contributed by atoms with Gasteiger partial charge in [0, 0.05) is 44.5 Å². The lowest BCUT2D eigenvalue weighted by Crippen LogP contribution is -2.80. The molecule has 2 aliphatic heterocycles. The number of hydrogen-bond donors (Lipinski definition) is 6. The number of nitrogens with two attached hydrogens (primary N) is 3. The summed E-state index contributed by atoms with van der Waals surface area (Å²) in [6.07, 6.45) is 5.76. The molecule has 6 rings (SSSR count). The van der Waals surface area contributed by atoms with E-state index in [2.05, 4.69) is 30.0 Å². The molecule has 1 aromatic rings. The number of nitrogens with zero attached hydrogens (tertiary/aromatic N) is 2. The fraction of sp³-hybridized carbons (Fsp3) is 0.656. The number of aliphatic hydroxyl groups is 1. The first-order valence-corrected chi connectivity index (χ1v) is 16.0. The van der Waals surface area contributed by atoms with Crippen LogP contribution in [0.2, 0.25) is 0 Å². The highest BCUT2D eigenvalue weighted by atomic mass is 16.6. The molecule has 12 heteroatoms. The van der Waals surface area contributed by atoms with E-state index in [0.29, 0.717) is 37.3 Å². The molecule has 3 fully saturated rings. The number of carbonyl (C=O) groups is 2. The van der Waals surface area contributed by atoms with E-state index in [-0.39, 0.29) is 37.1 Å². The van der Waals surface area contributed by atoms with Gasteiger partial charge in [-0.1, -0.05) is 12.6 Å². The van der Waals surface area contributed by atoms with Crippen molar-refractivity contribution in [1.29, 1.82) is 0 Å². The molecule has 1 saturated heterocycles. The topological polar surface area (TPSA) is 180 Å². The van der Waals surface area contributed by atoms with Crippen molar-refractivity contribution in [2.24, 2.45) is 23.1 Å². The van der Waals surface area contributed by atoms with Gasteiger partial charge in [0.2, 0.25) is 5.91 Å². The summed E-state index contributed by atoms with van der Waals surface area (Å²) in [5, 5.41) is 15.5. The second-order valence-electron chi connectivity index (χ2n) is 14.0. The summed E-state index contributed by atoms with van der Waals surface area (Å²) < 4.78 is 13.5. The normalized spacial score (nSPS) is 31.8. The summed E-state index contributed by atoms with van der Waals surface area (Å²) in [7, 11) is 3.96. The second kappa shape index (κ2) is 11.2. The number of rotatable bonds is 11. The molecule has 0 aromatic heterocycles. The Morgan fingerprint density at radius 3 is 2.82 bits per heavy atom. The largest absolute Gasteiger partial charge is 0.481 e. The molecule has 9 N–H and O–H groups in total. The van der Waals surface area contributed by atoms with Gasteiger partial charge in [0.25, 0.3) is 0 Å². The standard InChI is InChI=1S/C32H47N7O5/c1-19-10-11-32(42)24-17-21-8-9-23(26-25(21)31(32,27(19)44-26)12-16-39(24,3)18-20-6-7-20)43-30(41)38(2)15-14-36-28(40)22(33)5-4-13-37-29(34)35/h8-9,20,22,24,27,42H,1,4-7,10-18,33H2,2-3H3,(H4-,34,35,36,37,40)/p+2/t22-,24-,27-,31-,32+,39?/m0/s1. The summed E-state index contributed by atoms with van der Waals surface area (Å²) in [5.41, 5.74) is 18.4. The van der Waals surface area contributed by atoms with E-state index < -0.39 is 23.2 Å². The fourth-order valence-electron chi connectivity index (χ4n) is 8.56. The third-order valence-corrected chi connectivity index (χ3v) is 11.0. The number of likely N-dealkylation sites (tertiary alicyclic amines) is 1. The zero-order valence-electron chi connectivity index (χ0n) is 26.1. The maximum absolute atomic E-state index is 13.2. The van der Waals surface area contributed by atoms with E-state index in [0.717, 1.165) is 53.9 Å². The van der Waals surface area contributed by atoms with Crippen molar-refractivity contribution in [3.05, 3.63) is 35.4 Å². The molecule has 2 saturated carbocycles. The number of benzene rings is 1. The van der Waals surface area contributed by atoms with Gasteiger partial charge in [0.1, 0.15) is 17.7 Å². The Morgan fingerprint density at radius 1 is 1.32 bits per heavy atom. The number of quaternary nitrogens is 1. The van der Waals surface area contributed by atoms with Crippen LogP contribution in [0.25, 0.3) is 0 Å². The summed E-state index contributed by atoms with van der Waals surface area (Å²) >= 11 is 0. The Kier molecular flexibility index (Phi) is 7.82. The lowest BCUT2D eigenvalue weighted by atomic mass is 9.48.